The van der Waals surface area contributed by atoms with E-state index >= 15 is 0 Å². The van der Waals surface area contributed by atoms with Gasteiger partial charge < -0.3 is 4.74 Å². The Morgan fingerprint density at radius 2 is 2.00 bits per heavy atom. The van der Waals surface area contributed by atoms with Gasteiger partial charge in [-0.3, -0.25) is 0 Å². The van der Waals surface area contributed by atoms with Crippen LogP contribution in [0.25, 0.3) is 0 Å². The zero-order valence-corrected chi connectivity index (χ0v) is 10.1. The third kappa shape index (κ3) is 3.90. The number of rotatable bonds is 0. The molecular weight excluding hydrogens is 159 g/mol. The fraction of sp³-hybridized carbons (Fsp3) is 0.600. The van der Waals surface area contributed by atoms with Gasteiger partial charge in [0.1, 0.15) is 0 Å². The van der Waals surface area contributed by atoms with Gasteiger partial charge in [0.25, 0.3) is 0 Å². The van der Waals surface area contributed by atoms with Crippen molar-refractivity contribution in [1.29, 1.82) is 0 Å². The third-order valence-electron chi connectivity index (χ3n) is 2.29. The first-order valence-corrected chi connectivity index (χ1v) is 5.71. The van der Waals surface area contributed by atoms with E-state index < -0.39 is 0 Å². The van der Waals surface area contributed by atoms with Crippen molar-refractivity contribution in [3.63, 3.8) is 0 Å². The second kappa shape index (κ2) is 5.98. The predicted octanol–water partition coefficient (Wildman–Crippen LogP) is 2.19. The summed E-state index contributed by atoms with van der Waals surface area (Å²) in [5, 5.41) is 0. The maximum absolute atomic E-state index is 4.94. The average Bonchev–Trinajstić information content (AvgIpc) is 2.67. The molecule has 1 aliphatic carbocycles. The van der Waals surface area contributed by atoms with Gasteiger partial charge in [-0.1, -0.05) is 0 Å². The Balaban J connectivity index is 0.000000127. The van der Waals surface area contributed by atoms with Gasteiger partial charge in [0.15, 0.2) is 0 Å². The van der Waals surface area contributed by atoms with Crippen LogP contribution in [0.5, 0.6) is 0 Å². The molecule has 2 aliphatic rings. The van der Waals surface area contributed by atoms with Crippen LogP contribution in [0.1, 0.15) is 26.2 Å². The SMILES string of the molecule is C1CCOC1.CC1=[C]([Na])CC=C1. The third-order valence-corrected chi connectivity index (χ3v) is 3.49. The summed E-state index contributed by atoms with van der Waals surface area (Å²) in [6, 6.07) is 0. The molecule has 12 heavy (non-hydrogen) atoms. The first kappa shape index (κ1) is 10.5. The summed E-state index contributed by atoms with van der Waals surface area (Å²) in [5.41, 5.74) is 1.51. The number of ether oxygens (including phenoxy) is 1. The van der Waals surface area contributed by atoms with Crippen LogP contribution in [0.15, 0.2) is 20.5 Å². The Bertz CT molecular complexity index is 182. The summed E-state index contributed by atoms with van der Waals surface area (Å²) < 4.78 is 6.60. The molecule has 1 saturated heterocycles. The van der Waals surface area contributed by atoms with E-state index in [1.165, 1.54) is 52.8 Å². The van der Waals surface area contributed by atoms with Crippen LogP contribution in [0.3, 0.4) is 0 Å². The van der Waals surface area contributed by atoms with Gasteiger partial charge in [-0.05, 0) is 12.8 Å². The van der Waals surface area contributed by atoms with Gasteiger partial charge >= 0.3 is 61.8 Å². The second-order valence-corrected chi connectivity index (χ2v) is 4.60. The Morgan fingerprint density at radius 1 is 1.33 bits per heavy atom. The zero-order chi connectivity index (χ0) is 8.81. The van der Waals surface area contributed by atoms with Crippen molar-refractivity contribution in [1.82, 2.24) is 0 Å². The maximum atomic E-state index is 4.94. The van der Waals surface area contributed by atoms with Crippen LogP contribution in [-0.4, -0.2) is 41.1 Å². The van der Waals surface area contributed by atoms with Crippen LogP contribution in [0.4, 0.5) is 0 Å². The van der Waals surface area contributed by atoms with Crippen molar-refractivity contribution in [2.45, 2.75) is 26.2 Å². The molecule has 0 amide bonds. The first-order chi connectivity index (χ1) is 5.80. The molecule has 0 aromatic rings. The van der Waals surface area contributed by atoms with E-state index in [4.69, 9.17) is 4.74 Å². The van der Waals surface area contributed by atoms with Crippen molar-refractivity contribution in [2.24, 2.45) is 0 Å². The molecule has 0 N–H and O–H groups in total. The molecule has 1 fully saturated rings. The summed E-state index contributed by atoms with van der Waals surface area (Å²) in [5.74, 6) is 0. The fourth-order valence-corrected chi connectivity index (χ4v) is 1.63. The van der Waals surface area contributed by atoms with Crippen LogP contribution < -0.4 is 0 Å². The van der Waals surface area contributed by atoms with E-state index in [1.54, 1.807) is 2.82 Å². The van der Waals surface area contributed by atoms with E-state index in [0.717, 1.165) is 13.2 Å². The van der Waals surface area contributed by atoms with Gasteiger partial charge in [0.05, 0.1) is 0 Å². The Hall–Kier alpha value is 0.440. The van der Waals surface area contributed by atoms with Gasteiger partial charge in [-0.15, -0.1) is 0 Å². The Morgan fingerprint density at radius 3 is 2.17 bits per heavy atom. The molecule has 2 heteroatoms. The standard InChI is InChI=1S/C6H7.C4H8O.Na/c1-6-4-2-3-5-6;1-2-4-5-3-1;/h2,4H,3H2,1H3;1-4H2;. The van der Waals surface area contributed by atoms with Crippen molar-refractivity contribution in [3.05, 3.63) is 20.5 Å². The van der Waals surface area contributed by atoms with E-state index in [2.05, 4.69) is 19.1 Å². The molecule has 0 atom stereocenters. The zero-order valence-electron chi connectivity index (χ0n) is 8.10. The first-order valence-electron chi connectivity index (χ1n) is 4.71. The molecule has 1 heterocycles. The summed E-state index contributed by atoms with van der Waals surface area (Å²) in [7, 11) is 0. The molecule has 2 rings (SSSR count). The Labute approximate surface area is 92.3 Å². The van der Waals surface area contributed by atoms with E-state index in [0.29, 0.717) is 0 Å². The molecule has 0 radical (unpaired) electrons. The molecule has 1 aliphatic heterocycles. The van der Waals surface area contributed by atoms with Crippen LogP contribution >= 0.6 is 0 Å². The molecule has 0 spiro atoms. The molecule has 0 aromatic carbocycles. The van der Waals surface area contributed by atoms with Crippen molar-refractivity contribution >= 4 is 27.9 Å². The molecule has 1 nitrogen and oxygen atoms in total. The predicted molar refractivity (Wildman–Crippen MR) is 52.3 cm³/mol. The van der Waals surface area contributed by atoms with Crippen molar-refractivity contribution in [3.8, 4) is 0 Å². The molecule has 0 unspecified atom stereocenters. The number of hydrogen-bond acceptors (Lipinski definition) is 1. The number of allylic oxidation sites excluding steroid dienone is 4. The van der Waals surface area contributed by atoms with Crippen LogP contribution in [0.2, 0.25) is 0 Å². The topological polar surface area (TPSA) is 9.23 Å². The molecular formula is C10H15NaO. The normalized spacial score (nSPS) is 21.2. The van der Waals surface area contributed by atoms with Gasteiger partial charge in [-0.25, -0.2) is 0 Å². The van der Waals surface area contributed by atoms with Gasteiger partial charge in [0, 0.05) is 13.2 Å². The summed E-state index contributed by atoms with van der Waals surface area (Å²) >= 11 is 1.25. The summed E-state index contributed by atoms with van der Waals surface area (Å²) in [6.07, 6.45) is 8.23. The number of hydrogen-bond donors (Lipinski definition) is 0. The minimum atomic E-state index is 1.00. The van der Waals surface area contributed by atoms with Gasteiger partial charge in [-0.2, -0.15) is 0 Å². The molecule has 0 saturated carbocycles. The van der Waals surface area contributed by atoms with Gasteiger partial charge in [0.2, 0.25) is 0 Å². The second-order valence-electron chi connectivity index (χ2n) is 3.39. The van der Waals surface area contributed by atoms with Crippen LogP contribution in [0, 0.1) is 0 Å². The van der Waals surface area contributed by atoms with Crippen molar-refractivity contribution < 1.29 is 4.74 Å². The van der Waals surface area contributed by atoms with E-state index in [9.17, 15) is 0 Å². The molecule has 0 bridgehead atoms. The monoisotopic (exact) mass is 174 g/mol. The summed E-state index contributed by atoms with van der Waals surface area (Å²) in [6.45, 7) is 4.19. The minimum absolute atomic E-state index is 1.00. The van der Waals surface area contributed by atoms with E-state index in [-0.39, 0.29) is 0 Å². The molecule has 0 aromatic heterocycles. The van der Waals surface area contributed by atoms with Crippen molar-refractivity contribution in [2.75, 3.05) is 13.2 Å². The summed E-state index contributed by atoms with van der Waals surface area (Å²) in [4.78, 5) is 0. The Kier molecular flexibility index (Phi) is 5.24. The quantitative estimate of drug-likeness (QED) is 0.511. The average molecular weight is 174 g/mol. The molecule has 62 valence electrons. The fourth-order valence-electron chi connectivity index (χ4n) is 1.23. The van der Waals surface area contributed by atoms with Crippen LogP contribution in [-0.2, 0) is 4.74 Å². The van der Waals surface area contributed by atoms with E-state index in [1.807, 2.05) is 0 Å².